The van der Waals surface area contributed by atoms with E-state index in [1.54, 1.807) is 23.8 Å². The second kappa shape index (κ2) is 10.4. The zero-order valence-corrected chi connectivity index (χ0v) is 19.7. The molecular formula is C27H28N4O4. The highest BCUT2D eigenvalue weighted by molar-refractivity contribution is 6.01. The van der Waals surface area contributed by atoms with Crippen molar-refractivity contribution in [2.24, 2.45) is 13.0 Å². The number of para-hydroxylation sites is 1. The largest absolute Gasteiger partial charge is 0.345 e. The molecule has 2 heterocycles. The monoisotopic (exact) mass is 472 g/mol. The third-order valence-electron chi connectivity index (χ3n) is 6.26. The summed E-state index contributed by atoms with van der Waals surface area (Å²) in [6, 6.07) is 15.3. The first-order valence-electron chi connectivity index (χ1n) is 11.5. The number of amides is 3. The molecule has 3 N–H and O–H groups in total. The van der Waals surface area contributed by atoms with Gasteiger partial charge in [-0.05, 0) is 31.0 Å². The summed E-state index contributed by atoms with van der Waals surface area (Å²) >= 11 is 0. The van der Waals surface area contributed by atoms with E-state index in [1.807, 2.05) is 55.5 Å². The fraction of sp³-hybridized carbons (Fsp3) is 0.259. The number of nitrogens with zero attached hydrogens (tertiary/aromatic N) is 1. The molecule has 0 bridgehead atoms. The number of aryl methyl sites for hydroxylation is 2. The SMILES string of the molecule is Cc1ccc(C[C@H](NC(=O)c2cc3ccccc3n2C)C(=O)N[C@H](C=O)CC2C=CNC2=O)cc1. The van der Waals surface area contributed by atoms with Gasteiger partial charge in [-0.1, -0.05) is 54.1 Å². The predicted molar refractivity (Wildman–Crippen MR) is 132 cm³/mol. The lowest BCUT2D eigenvalue weighted by Crippen LogP contribution is -2.51. The molecule has 1 aliphatic heterocycles. The topological polar surface area (TPSA) is 109 Å². The second-order valence-corrected chi connectivity index (χ2v) is 8.82. The molecule has 1 aliphatic rings. The minimum Gasteiger partial charge on any atom is -0.345 e. The molecule has 3 aromatic rings. The molecule has 4 rings (SSSR count). The van der Waals surface area contributed by atoms with Crippen LogP contribution < -0.4 is 16.0 Å². The first-order chi connectivity index (χ1) is 16.9. The number of aldehydes is 1. The van der Waals surface area contributed by atoms with Crippen molar-refractivity contribution in [1.82, 2.24) is 20.5 Å². The van der Waals surface area contributed by atoms with E-state index in [0.717, 1.165) is 22.0 Å². The minimum absolute atomic E-state index is 0.145. The van der Waals surface area contributed by atoms with Gasteiger partial charge in [0, 0.05) is 30.6 Å². The lowest BCUT2D eigenvalue weighted by Gasteiger charge is -2.22. The fourth-order valence-corrected chi connectivity index (χ4v) is 4.24. The summed E-state index contributed by atoms with van der Waals surface area (Å²) in [5, 5.41) is 9.04. The van der Waals surface area contributed by atoms with Gasteiger partial charge >= 0.3 is 0 Å². The Morgan fingerprint density at radius 1 is 1.11 bits per heavy atom. The number of carbonyl (C=O) groups is 4. The number of aromatic nitrogens is 1. The Morgan fingerprint density at radius 3 is 2.51 bits per heavy atom. The Balaban J connectivity index is 1.54. The Morgan fingerprint density at radius 2 is 1.86 bits per heavy atom. The standard InChI is InChI=1S/C27H28N4O4/c1-17-7-9-18(10-8-17)13-22(26(34)29-21(16-32)14-20-11-12-28-25(20)33)30-27(35)24-15-19-5-3-4-6-23(19)31(24)2/h3-12,15-16,20-22H,13-14H2,1-2H3,(H,28,33)(H,29,34)(H,30,35)/t20?,21-,22-/m0/s1. The van der Waals surface area contributed by atoms with Crippen LogP contribution in [0.4, 0.5) is 0 Å². The summed E-state index contributed by atoms with van der Waals surface area (Å²) in [6.07, 6.45) is 4.20. The molecule has 0 saturated carbocycles. The fourth-order valence-electron chi connectivity index (χ4n) is 4.24. The highest BCUT2D eigenvalue weighted by Crippen LogP contribution is 2.19. The summed E-state index contributed by atoms with van der Waals surface area (Å²) in [4.78, 5) is 50.0. The number of hydrogen-bond donors (Lipinski definition) is 3. The Hall–Kier alpha value is -4.20. The van der Waals surface area contributed by atoms with Gasteiger partial charge in [0.2, 0.25) is 11.8 Å². The molecule has 0 spiro atoms. The molecule has 180 valence electrons. The maximum Gasteiger partial charge on any atom is 0.268 e. The molecule has 0 fully saturated rings. The van der Waals surface area contributed by atoms with Crippen molar-refractivity contribution in [2.75, 3.05) is 0 Å². The number of rotatable bonds is 9. The first kappa shape index (κ1) is 23.9. The van der Waals surface area contributed by atoms with Crippen LogP contribution in [-0.4, -0.2) is 40.7 Å². The number of fused-ring (bicyclic) bond motifs is 1. The zero-order valence-electron chi connectivity index (χ0n) is 19.7. The van der Waals surface area contributed by atoms with E-state index in [9.17, 15) is 19.2 Å². The Labute approximate surface area is 203 Å². The number of benzene rings is 2. The molecule has 8 heteroatoms. The van der Waals surface area contributed by atoms with Crippen LogP contribution in [0, 0.1) is 12.8 Å². The van der Waals surface area contributed by atoms with E-state index in [2.05, 4.69) is 16.0 Å². The predicted octanol–water partition coefficient (Wildman–Crippen LogP) is 2.16. The van der Waals surface area contributed by atoms with Gasteiger partial charge in [-0.15, -0.1) is 0 Å². The van der Waals surface area contributed by atoms with Gasteiger partial charge in [-0.2, -0.15) is 0 Å². The van der Waals surface area contributed by atoms with Gasteiger partial charge in [-0.3, -0.25) is 14.4 Å². The third-order valence-corrected chi connectivity index (χ3v) is 6.26. The van der Waals surface area contributed by atoms with Crippen molar-refractivity contribution in [3.8, 4) is 0 Å². The molecule has 3 atom stereocenters. The van der Waals surface area contributed by atoms with Gasteiger partial charge in [0.25, 0.3) is 5.91 Å². The van der Waals surface area contributed by atoms with Crippen LogP contribution in [0.25, 0.3) is 10.9 Å². The third kappa shape index (κ3) is 5.48. The zero-order chi connectivity index (χ0) is 24.9. The molecule has 1 aromatic heterocycles. The lowest BCUT2D eigenvalue weighted by molar-refractivity contribution is -0.127. The van der Waals surface area contributed by atoms with Crippen molar-refractivity contribution in [1.29, 1.82) is 0 Å². The molecule has 0 aliphatic carbocycles. The molecule has 0 saturated heterocycles. The van der Waals surface area contributed by atoms with Gasteiger partial charge < -0.3 is 25.3 Å². The van der Waals surface area contributed by atoms with E-state index in [1.165, 1.54) is 6.20 Å². The van der Waals surface area contributed by atoms with E-state index in [4.69, 9.17) is 0 Å². The molecule has 2 aromatic carbocycles. The van der Waals surface area contributed by atoms with E-state index < -0.39 is 29.8 Å². The summed E-state index contributed by atoms with van der Waals surface area (Å²) in [6.45, 7) is 1.97. The van der Waals surface area contributed by atoms with Crippen molar-refractivity contribution >= 4 is 34.9 Å². The van der Waals surface area contributed by atoms with Gasteiger partial charge in [-0.25, -0.2) is 0 Å². The van der Waals surface area contributed by atoms with Crippen molar-refractivity contribution in [3.05, 3.63) is 83.7 Å². The van der Waals surface area contributed by atoms with Crippen LogP contribution in [0.15, 0.2) is 66.9 Å². The van der Waals surface area contributed by atoms with Crippen LogP contribution in [-0.2, 0) is 27.9 Å². The van der Waals surface area contributed by atoms with Gasteiger partial charge in [0.15, 0.2) is 0 Å². The molecule has 0 radical (unpaired) electrons. The summed E-state index contributed by atoms with van der Waals surface area (Å²) < 4.78 is 1.78. The van der Waals surface area contributed by atoms with Gasteiger partial charge in [0.1, 0.15) is 18.0 Å². The summed E-state index contributed by atoms with van der Waals surface area (Å²) in [5.74, 6) is -1.59. The Bertz CT molecular complexity index is 1290. The molecule has 35 heavy (non-hydrogen) atoms. The van der Waals surface area contributed by atoms with Gasteiger partial charge in [0.05, 0.1) is 12.0 Å². The highest BCUT2D eigenvalue weighted by Gasteiger charge is 2.28. The smallest absolute Gasteiger partial charge is 0.268 e. The average molecular weight is 473 g/mol. The normalized spacial score (nSPS) is 16.5. The van der Waals surface area contributed by atoms with Crippen LogP contribution >= 0.6 is 0 Å². The van der Waals surface area contributed by atoms with Crippen molar-refractivity contribution in [3.63, 3.8) is 0 Å². The second-order valence-electron chi connectivity index (χ2n) is 8.82. The maximum atomic E-state index is 13.3. The Kier molecular flexibility index (Phi) is 7.10. The molecule has 3 amide bonds. The van der Waals surface area contributed by atoms with Crippen molar-refractivity contribution < 1.29 is 19.2 Å². The van der Waals surface area contributed by atoms with Crippen molar-refractivity contribution in [2.45, 2.75) is 31.8 Å². The van der Waals surface area contributed by atoms with Crippen LogP contribution in [0.5, 0.6) is 0 Å². The molecule has 8 nitrogen and oxygen atoms in total. The van der Waals surface area contributed by atoms with Crippen LogP contribution in [0.2, 0.25) is 0 Å². The van der Waals surface area contributed by atoms with Crippen LogP contribution in [0.3, 0.4) is 0 Å². The average Bonchev–Trinajstić information content (AvgIpc) is 3.42. The minimum atomic E-state index is -0.918. The molecule has 1 unspecified atom stereocenters. The molecular weight excluding hydrogens is 444 g/mol. The van der Waals surface area contributed by atoms with E-state index in [-0.39, 0.29) is 18.7 Å². The van der Waals surface area contributed by atoms with Crippen LogP contribution in [0.1, 0.15) is 28.0 Å². The van der Waals surface area contributed by atoms with E-state index >= 15 is 0 Å². The van der Waals surface area contributed by atoms with E-state index in [0.29, 0.717) is 12.0 Å². The lowest BCUT2D eigenvalue weighted by atomic mass is 10.00. The quantitative estimate of drug-likeness (QED) is 0.415. The summed E-state index contributed by atoms with van der Waals surface area (Å²) in [7, 11) is 1.80. The first-order valence-corrected chi connectivity index (χ1v) is 11.5. The number of hydrogen-bond acceptors (Lipinski definition) is 4. The summed E-state index contributed by atoms with van der Waals surface area (Å²) in [5.41, 5.74) is 3.28. The maximum absolute atomic E-state index is 13.3. The number of nitrogens with one attached hydrogen (secondary N) is 3. The highest BCUT2D eigenvalue weighted by atomic mass is 16.2. The number of carbonyl (C=O) groups excluding carboxylic acids is 4.